The van der Waals surface area contributed by atoms with Crippen LogP contribution in [-0.2, 0) is 9.53 Å². The number of morpholine rings is 1. The molecular weight excluding hydrogens is 288 g/mol. The van der Waals surface area contributed by atoms with Crippen LogP contribution in [0.3, 0.4) is 0 Å². The lowest BCUT2D eigenvalue weighted by Gasteiger charge is -2.43. The molecule has 0 aromatic carbocycles. The average Bonchev–Trinajstić information content (AvgIpc) is 2.58. The second kappa shape index (κ2) is 5.88. The first kappa shape index (κ1) is 14.7. The highest BCUT2D eigenvalue weighted by molar-refractivity contribution is 5.90. The Morgan fingerprint density at radius 1 is 1.36 bits per heavy atom. The van der Waals surface area contributed by atoms with Gasteiger partial charge in [0.05, 0.1) is 25.1 Å². The zero-order valence-corrected chi connectivity index (χ0v) is 12.4. The standard InChI is InChI=1S/C14H18N4O4/c1-21-10-6-15-12(16-7-10)13(20)18-4-2-14(3-5-18)9-17-11(19)8-22-14/h6-7H,2-5,8-9H2,1H3,(H,17,19). The fourth-order valence-corrected chi connectivity index (χ4v) is 2.69. The first-order chi connectivity index (χ1) is 10.6. The molecule has 118 valence electrons. The van der Waals surface area contributed by atoms with Crippen LogP contribution in [0.1, 0.15) is 23.5 Å². The number of carbonyl (C=O) groups is 2. The predicted octanol–water partition coefficient (Wildman–Crippen LogP) is -0.394. The van der Waals surface area contributed by atoms with Gasteiger partial charge in [-0.3, -0.25) is 9.59 Å². The highest BCUT2D eigenvalue weighted by atomic mass is 16.5. The van der Waals surface area contributed by atoms with Gasteiger partial charge in [0.25, 0.3) is 5.91 Å². The van der Waals surface area contributed by atoms with E-state index in [4.69, 9.17) is 9.47 Å². The Balaban J connectivity index is 1.60. The maximum atomic E-state index is 12.4. The summed E-state index contributed by atoms with van der Waals surface area (Å²) < 4.78 is 10.7. The minimum absolute atomic E-state index is 0.0873. The number of nitrogens with one attached hydrogen (secondary N) is 1. The molecule has 8 heteroatoms. The number of piperidine rings is 1. The van der Waals surface area contributed by atoms with Crippen molar-refractivity contribution in [3.63, 3.8) is 0 Å². The largest absolute Gasteiger partial charge is 0.494 e. The molecule has 3 rings (SSSR count). The molecule has 1 spiro atoms. The molecule has 0 atom stereocenters. The molecule has 0 unspecified atom stereocenters. The first-order valence-corrected chi connectivity index (χ1v) is 7.18. The fourth-order valence-electron chi connectivity index (χ4n) is 2.69. The summed E-state index contributed by atoms with van der Waals surface area (Å²) >= 11 is 0. The molecule has 2 aliphatic heterocycles. The number of rotatable bonds is 2. The van der Waals surface area contributed by atoms with Crippen molar-refractivity contribution in [3.8, 4) is 5.75 Å². The highest BCUT2D eigenvalue weighted by Gasteiger charge is 2.40. The van der Waals surface area contributed by atoms with Crippen LogP contribution in [0.4, 0.5) is 0 Å². The molecule has 2 aliphatic rings. The van der Waals surface area contributed by atoms with Gasteiger partial charge in [0, 0.05) is 19.6 Å². The Labute approximate surface area is 127 Å². The van der Waals surface area contributed by atoms with Crippen molar-refractivity contribution in [3.05, 3.63) is 18.2 Å². The van der Waals surface area contributed by atoms with E-state index in [0.717, 1.165) is 0 Å². The van der Waals surface area contributed by atoms with Gasteiger partial charge in [-0.15, -0.1) is 0 Å². The van der Waals surface area contributed by atoms with Crippen LogP contribution in [0.2, 0.25) is 0 Å². The number of aromatic nitrogens is 2. The zero-order chi connectivity index (χ0) is 15.6. The minimum atomic E-state index is -0.342. The maximum Gasteiger partial charge on any atom is 0.291 e. The summed E-state index contributed by atoms with van der Waals surface area (Å²) in [5, 5.41) is 2.82. The average molecular weight is 306 g/mol. The molecule has 8 nitrogen and oxygen atoms in total. The number of hydrogen-bond acceptors (Lipinski definition) is 6. The summed E-state index contributed by atoms with van der Waals surface area (Å²) in [7, 11) is 1.52. The van der Waals surface area contributed by atoms with Gasteiger partial charge < -0.3 is 19.7 Å². The Morgan fingerprint density at radius 3 is 2.59 bits per heavy atom. The maximum absolute atomic E-state index is 12.4. The second-order valence-electron chi connectivity index (χ2n) is 5.49. The van der Waals surface area contributed by atoms with Gasteiger partial charge in [-0.2, -0.15) is 0 Å². The topological polar surface area (TPSA) is 93.7 Å². The van der Waals surface area contributed by atoms with E-state index in [2.05, 4.69) is 15.3 Å². The van der Waals surface area contributed by atoms with Crippen LogP contribution in [0.15, 0.2) is 12.4 Å². The monoisotopic (exact) mass is 306 g/mol. The lowest BCUT2D eigenvalue weighted by molar-refractivity contribution is -0.149. The van der Waals surface area contributed by atoms with Gasteiger partial charge in [0.1, 0.15) is 6.61 Å². The van der Waals surface area contributed by atoms with Crippen molar-refractivity contribution in [2.24, 2.45) is 0 Å². The van der Waals surface area contributed by atoms with Crippen molar-refractivity contribution in [1.82, 2.24) is 20.2 Å². The Kier molecular flexibility index (Phi) is 3.93. The lowest BCUT2D eigenvalue weighted by atomic mass is 9.90. The Bertz CT molecular complexity index is 555. The highest BCUT2D eigenvalue weighted by Crippen LogP contribution is 2.28. The van der Waals surface area contributed by atoms with E-state index in [-0.39, 0.29) is 29.8 Å². The summed E-state index contributed by atoms with van der Waals surface area (Å²) in [5.41, 5.74) is -0.342. The van der Waals surface area contributed by atoms with Gasteiger partial charge >= 0.3 is 0 Å². The lowest BCUT2D eigenvalue weighted by Crippen LogP contribution is -2.58. The predicted molar refractivity (Wildman–Crippen MR) is 75.4 cm³/mol. The van der Waals surface area contributed by atoms with Crippen LogP contribution >= 0.6 is 0 Å². The van der Waals surface area contributed by atoms with Crippen LogP contribution < -0.4 is 10.1 Å². The van der Waals surface area contributed by atoms with E-state index >= 15 is 0 Å². The third kappa shape index (κ3) is 2.87. The van der Waals surface area contributed by atoms with Crippen molar-refractivity contribution in [1.29, 1.82) is 0 Å². The summed E-state index contributed by atoms with van der Waals surface area (Å²) in [6.45, 7) is 1.72. The van der Waals surface area contributed by atoms with Gasteiger partial charge in [-0.25, -0.2) is 9.97 Å². The van der Waals surface area contributed by atoms with E-state index in [9.17, 15) is 9.59 Å². The fraction of sp³-hybridized carbons (Fsp3) is 0.571. The molecule has 2 saturated heterocycles. The third-order valence-corrected chi connectivity index (χ3v) is 4.13. The molecular formula is C14H18N4O4. The van der Waals surface area contributed by atoms with Crippen LogP contribution in [0, 0.1) is 0 Å². The van der Waals surface area contributed by atoms with Crippen molar-refractivity contribution < 1.29 is 19.1 Å². The van der Waals surface area contributed by atoms with Crippen molar-refractivity contribution in [2.45, 2.75) is 18.4 Å². The normalized spacial score (nSPS) is 20.6. The van der Waals surface area contributed by atoms with Gasteiger partial charge in [0.15, 0.2) is 5.75 Å². The molecule has 2 amide bonds. The number of hydrogen-bond donors (Lipinski definition) is 1. The molecule has 0 radical (unpaired) electrons. The number of amides is 2. The van der Waals surface area contributed by atoms with Crippen molar-refractivity contribution >= 4 is 11.8 Å². The summed E-state index contributed by atoms with van der Waals surface area (Å²) in [4.78, 5) is 33.3. The van der Waals surface area contributed by atoms with E-state index in [0.29, 0.717) is 38.2 Å². The third-order valence-electron chi connectivity index (χ3n) is 4.13. The first-order valence-electron chi connectivity index (χ1n) is 7.18. The number of methoxy groups -OCH3 is 1. The molecule has 1 aromatic heterocycles. The van der Waals surface area contributed by atoms with Gasteiger partial charge in [-0.1, -0.05) is 0 Å². The van der Waals surface area contributed by atoms with Crippen LogP contribution in [0.5, 0.6) is 5.75 Å². The Morgan fingerprint density at radius 2 is 2.05 bits per heavy atom. The molecule has 0 saturated carbocycles. The molecule has 3 heterocycles. The number of likely N-dealkylation sites (tertiary alicyclic amines) is 1. The molecule has 1 N–H and O–H groups in total. The number of nitrogens with zero attached hydrogens (tertiary/aromatic N) is 3. The molecule has 0 aliphatic carbocycles. The molecule has 22 heavy (non-hydrogen) atoms. The number of carbonyl (C=O) groups excluding carboxylic acids is 2. The smallest absolute Gasteiger partial charge is 0.291 e. The van der Waals surface area contributed by atoms with E-state index in [1.54, 1.807) is 4.90 Å². The summed E-state index contributed by atoms with van der Waals surface area (Å²) in [6.07, 6.45) is 4.33. The summed E-state index contributed by atoms with van der Waals surface area (Å²) in [6, 6.07) is 0. The molecule has 2 fully saturated rings. The molecule has 0 bridgehead atoms. The summed E-state index contributed by atoms with van der Waals surface area (Å²) in [5.74, 6) is 0.392. The van der Waals surface area contributed by atoms with E-state index in [1.807, 2.05) is 0 Å². The molecule has 1 aromatic rings. The minimum Gasteiger partial charge on any atom is -0.494 e. The van der Waals surface area contributed by atoms with E-state index in [1.165, 1.54) is 19.5 Å². The van der Waals surface area contributed by atoms with Crippen LogP contribution in [0.25, 0.3) is 0 Å². The van der Waals surface area contributed by atoms with Gasteiger partial charge in [0.2, 0.25) is 11.7 Å². The Hall–Kier alpha value is -2.22. The SMILES string of the molecule is COc1cnc(C(=O)N2CCC3(CC2)CNC(=O)CO3)nc1. The van der Waals surface area contributed by atoms with E-state index < -0.39 is 0 Å². The van der Waals surface area contributed by atoms with Crippen LogP contribution in [-0.4, -0.2) is 65.6 Å². The zero-order valence-electron chi connectivity index (χ0n) is 12.4. The second-order valence-corrected chi connectivity index (χ2v) is 5.49. The van der Waals surface area contributed by atoms with Crippen molar-refractivity contribution in [2.75, 3.05) is 33.4 Å². The quantitative estimate of drug-likeness (QED) is 0.799. The number of ether oxygens (including phenoxy) is 2. The van der Waals surface area contributed by atoms with Gasteiger partial charge in [-0.05, 0) is 12.8 Å².